The van der Waals surface area contributed by atoms with E-state index in [1.807, 2.05) is 30.3 Å². The van der Waals surface area contributed by atoms with Gasteiger partial charge in [-0.15, -0.1) is 0 Å². The van der Waals surface area contributed by atoms with Gasteiger partial charge in [-0.25, -0.2) is 8.78 Å². The van der Waals surface area contributed by atoms with E-state index in [1.54, 1.807) is 12.3 Å². The number of nitrogens with zero attached hydrogens (tertiary/aromatic N) is 4. The van der Waals surface area contributed by atoms with Crippen molar-refractivity contribution in [3.05, 3.63) is 107 Å². The molecule has 1 N–H and O–H groups in total. The second-order valence-corrected chi connectivity index (χ2v) is 11.0. The van der Waals surface area contributed by atoms with Crippen molar-refractivity contribution >= 4 is 11.6 Å². The van der Waals surface area contributed by atoms with Crippen LogP contribution < -0.4 is 5.32 Å². The van der Waals surface area contributed by atoms with E-state index in [2.05, 4.69) is 32.7 Å². The van der Waals surface area contributed by atoms with Gasteiger partial charge in [0.15, 0.2) is 0 Å². The van der Waals surface area contributed by atoms with E-state index in [-0.39, 0.29) is 23.7 Å². The molecule has 41 heavy (non-hydrogen) atoms. The van der Waals surface area contributed by atoms with E-state index in [1.165, 1.54) is 29.8 Å². The number of nitriles is 1. The zero-order valence-corrected chi connectivity index (χ0v) is 23.1. The number of alkyl halides is 1. The third-order valence-electron chi connectivity index (χ3n) is 8.27. The molecular weight excluding hydrogens is 520 g/mol. The lowest BCUT2D eigenvalue weighted by Gasteiger charge is -2.36. The SMILES string of the molecule is C=C(c1ccc(C(=O)NC2CCN(Cc3ccc(C#N)cc3)CC2)nc1)N1CCC(C(F)c2ccc(F)cc2)CC1. The minimum absolute atomic E-state index is 0.103. The third-order valence-corrected chi connectivity index (χ3v) is 8.27. The van der Waals surface area contributed by atoms with Crippen molar-refractivity contribution < 1.29 is 13.6 Å². The molecule has 1 aromatic heterocycles. The molecule has 0 aliphatic carbocycles. The molecule has 212 valence electrons. The predicted molar refractivity (Wildman–Crippen MR) is 155 cm³/mol. The first-order chi connectivity index (χ1) is 19.9. The van der Waals surface area contributed by atoms with E-state index < -0.39 is 6.17 Å². The maximum atomic E-state index is 15.0. The molecule has 0 spiro atoms. The standard InChI is InChI=1S/C33H35F2N5O/c1-23(40-18-12-27(13-19-40)32(35)26-6-9-29(34)10-7-26)28-8-11-31(37-21-28)33(41)38-30-14-16-39(17-15-30)22-25-4-2-24(20-36)3-5-25/h2-11,21,27,30,32H,1,12-19,22H2,(H,38,41). The highest BCUT2D eigenvalue weighted by Gasteiger charge is 2.28. The first-order valence-electron chi connectivity index (χ1n) is 14.2. The van der Waals surface area contributed by atoms with Crippen molar-refractivity contribution in [1.29, 1.82) is 5.26 Å². The van der Waals surface area contributed by atoms with Crippen LogP contribution in [0.3, 0.4) is 0 Å². The number of carbonyl (C=O) groups excluding carboxylic acids is 1. The maximum Gasteiger partial charge on any atom is 0.270 e. The molecule has 1 atom stereocenters. The van der Waals surface area contributed by atoms with Crippen LogP contribution in [0.25, 0.3) is 5.70 Å². The van der Waals surface area contributed by atoms with Gasteiger partial charge in [-0.3, -0.25) is 14.7 Å². The summed E-state index contributed by atoms with van der Waals surface area (Å²) in [6, 6.07) is 19.2. The molecule has 2 aromatic carbocycles. The molecule has 0 radical (unpaired) electrons. The summed E-state index contributed by atoms with van der Waals surface area (Å²) in [5.74, 6) is -0.651. The van der Waals surface area contributed by atoms with Crippen molar-refractivity contribution in [3.63, 3.8) is 0 Å². The van der Waals surface area contributed by atoms with Gasteiger partial charge in [0.1, 0.15) is 17.7 Å². The van der Waals surface area contributed by atoms with Crippen LogP contribution in [0, 0.1) is 23.1 Å². The summed E-state index contributed by atoms with van der Waals surface area (Å²) in [5, 5.41) is 12.1. The summed E-state index contributed by atoms with van der Waals surface area (Å²) in [7, 11) is 0. The molecule has 5 rings (SSSR count). The third kappa shape index (κ3) is 7.17. The molecule has 8 heteroatoms. The molecule has 3 aromatic rings. The number of aromatic nitrogens is 1. The maximum absolute atomic E-state index is 15.0. The summed E-state index contributed by atoms with van der Waals surface area (Å²) >= 11 is 0. The van der Waals surface area contributed by atoms with Crippen LogP contribution in [-0.2, 0) is 6.54 Å². The van der Waals surface area contributed by atoms with Crippen molar-refractivity contribution in [3.8, 4) is 6.07 Å². The second-order valence-electron chi connectivity index (χ2n) is 11.0. The topological polar surface area (TPSA) is 72.3 Å². The van der Waals surface area contributed by atoms with E-state index in [0.29, 0.717) is 42.8 Å². The number of halogens is 2. The Morgan fingerprint density at radius 1 is 1.00 bits per heavy atom. The predicted octanol–water partition coefficient (Wildman–Crippen LogP) is 5.88. The van der Waals surface area contributed by atoms with Gasteiger partial charge in [-0.1, -0.05) is 30.8 Å². The molecule has 0 bridgehead atoms. The molecule has 1 unspecified atom stereocenters. The molecule has 2 saturated heterocycles. The van der Waals surface area contributed by atoms with Crippen LogP contribution in [0.15, 0.2) is 73.4 Å². The number of piperidine rings is 2. The van der Waals surface area contributed by atoms with E-state index >= 15 is 4.39 Å². The van der Waals surface area contributed by atoms with Crippen molar-refractivity contribution in [2.24, 2.45) is 5.92 Å². The average Bonchev–Trinajstić information content (AvgIpc) is 3.02. The highest BCUT2D eigenvalue weighted by atomic mass is 19.1. The molecular formula is C33H35F2N5O. The van der Waals surface area contributed by atoms with Crippen LogP contribution in [0.2, 0.25) is 0 Å². The van der Waals surface area contributed by atoms with E-state index in [9.17, 15) is 9.18 Å². The number of hydrogen-bond acceptors (Lipinski definition) is 5. The van der Waals surface area contributed by atoms with E-state index in [4.69, 9.17) is 5.26 Å². The minimum Gasteiger partial charge on any atom is -0.371 e. The zero-order valence-electron chi connectivity index (χ0n) is 23.1. The monoisotopic (exact) mass is 555 g/mol. The fourth-order valence-electron chi connectivity index (χ4n) is 5.70. The van der Waals surface area contributed by atoms with Crippen molar-refractivity contribution in [2.45, 2.75) is 44.4 Å². The summed E-state index contributed by atoms with van der Waals surface area (Å²) in [6.07, 6.45) is 3.66. The largest absolute Gasteiger partial charge is 0.371 e. The Balaban J connectivity index is 1.06. The normalized spacial score (nSPS) is 17.5. The zero-order chi connectivity index (χ0) is 28.8. The lowest BCUT2D eigenvalue weighted by atomic mass is 9.88. The van der Waals surface area contributed by atoms with Gasteiger partial charge in [0.05, 0.1) is 11.6 Å². The van der Waals surface area contributed by atoms with Gasteiger partial charge in [0, 0.05) is 56.2 Å². The Labute approximate surface area is 240 Å². The first kappa shape index (κ1) is 28.4. The first-order valence-corrected chi connectivity index (χ1v) is 14.2. The fourth-order valence-corrected chi connectivity index (χ4v) is 5.70. The number of nitrogens with one attached hydrogen (secondary N) is 1. The van der Waals surface area contributed by atoms with Crippen molar-refractivity contribution in [1.82, 2.24) is 20.1 Å². The van der Waals surface area contributed by atoms with Crippen molar-refractivity contribution in [2.75, 3.05) is 26.2 Å². The molecule has 6 nitrogen and oxygen atoms in total. The molecule has 2 aliphatic rings. The summed E-state index contributed by atoms with van der Waals surface area (Å²) in [5.41, 5.74) is 4.40. The Hall–Kier alpha value is -4.09. The molecule has 0 saturated carbocycles. The molecule has 1 amide bonds. The number of benzene rings is 2. The number of rotatable bonds is 8. The summed E-state index contributed by atoms with van der Waals surface area (Å²) < 4.78 is 28.2. The van der Waals surface area contributed by atoms with E-state index in [0.717, 1.165) is 43.7 Å². The van der Waals surface area contributed by atoms with Crippen LogP contribution >= 0.6 is 0 Å². The quantitative estimate of drug-likeness (QED) is 0.376. The average molecular weight is 556 g/mol. The van der Waals surface area contributed by atoms with Crippen LogP contribution in [-0.4, -0.2) is 52.9 Å². The highest BCUT2D eigenvalue weighted by molar-refractivity contribution is 5.92. The van der Waals surface area contributed by atoms with Gasteiger partial charge < -0.3 is 10.2 Å². The Morgan fingerprint density at radius 3 is 2.29 bits per heavy atom. The number of carbonyl (C=O) groups is 1. The molecule has 2 fully saturated rings. The Bertz CT molecular complexity index is 1370. The molecule has 3 heterocycles. The van der Waals surface area contributed by atoms with Crippen LogP contribution in [0.1, 0.15) is 64.6 Å². The minimum atomic E-state index is -1.11. The van der Waals surface area contributed by atoms with Gasteiger partial charge in [-0.2, -0.15) is 5.26 Å². The fraction of sp³-hybridized carbons (Fsp3) is 0.364. The van der Waals surface area contributed by atoms with Gasteiger partial charge in [0.2, 0.25) is 0 Å². The number of likely N-dealkylation sites (tertiary alicyclic amines) is 2. The lowest BCUT2D eigenvalue weighted by Crippen LogP contribution is -2.44. The smallest absolute Gasteiger partial charge is 0.270 e. The lowest BCUT2D eigenvalue weighted by molar-refractivity contribution is 0.0904. The number of amides is 1. The number of pyridine rings is 1. The number of hydrogen-bond donors (Lipinski definition) is 1. The van der Waals surface area contributed by atoms with Gasteiger partial charge in [0.25, 0.3) is 5.91 Å². The highest BCUT2D eigenvalue weighted by Crippen LogP contribution is 2.35. The summed E-state index contributed by atoms with van der Waals surface area (Å²) in [4.78, 5) is 21.8. The second kappa shape index (κ2) is 13.0. The summed E-state index contributed by atoms with van der Waals surface area (Å²) in [6.45, 7) is 8.20. The Kier molecular flexibility index (Phi) is 9.05. The van der Waals surface area contributed by atoms with Crippen LogP contribution in [0.4, 0.5) is 8.78 Å². The van der Waals surface area contributed by atoms with Gasteiger partial charge in [-0.05, 0) is 79.1 Å². The van der Waals surface area contributed by atoms with Gasteiger partial charge >= 0.3 is 0 Å². The Morgan fingerprint density at radius 2 is 1.68 bits per heavy atom. The molecule has 2 aliphatic heterocycles. The van der Waals surface area contributed by atoms with Crippen LogP contribution in [0.5, 0.6) is 0 Å².